The van der Waals surface area contributed by atoms with Crippen LogP contribution >= 0.6 is 22.9 Å². The zero-order chi connectivity index (χ0) is 15.5. The quantitative estimate of drug-likeness (QED) is 0.878. The monoisotopic (exact) mass is 323 g/mol. The normalized spacial score (nSPS) is 11.2. The van der Waals surface area contributed by atoms with E-state index < -0.39 is 0 Å². The van der Waals surface area contributed by atoms with E-state index in [0.717, 1.165) is 11.3 Å². The molecule has 112 valence electrons. The second-order valence-corrected chi connectivity index (χ2v) is 7.02. The largest absolute Gasteiger partial charge is 0.334 e. The van der Waals surface area contributed by atoms with E-state index in [-0.39, 0.29) is 11.4 Å². The zero-order valence-corrected chi connectivity index (χ0v) is 13.8. The Bertz CT molecular complexity index is 634. The van der Waals surface area contributed by atoms with E-state index in [4.69, 9.17) is 11.6 Å². The lowest BCUT2D eigenvalue weighted by atomic mass is 9.93. The molecule has 1 aromatic heterocycles. The number of halogens is 1. The Morgan fingerprint density at radius 2 is 2.14 bits per heavy atom. The number of thiazole rings is 1. The molecule has 0 aliphatic carbocycles. The molecule has 0 saturated heterocycles. The van der Waals surface area contributed by atoms with E-state index in [9.17, 15) is 4.79 Å². The maximum atomic E-state index is 11.8. The van der Waals surface area contributed by atoms with Gasteiger partial charge in [-0.05, 0) is 17.7 Å². The van der Waals surface area contributed by atoms with Gasteiger partial charge in [0.05, 0.1) is 5.69 Å². The molecular weight excluding hydrogens is 306 g/mol. The Morgan fingerprint density at radius 3 is 2.76 bits per heavy atom. The van der Waals surface area contributed by atoms with Crippen LogP contribution in [0.3, 0.4) is 0 Å². The minimum absolute atomic E-state index is 0.0201. The maximum absolute atomic E-state index is 11.8. The Labute approximate surface area is 133 Å². The van der Waals surface area contributed by atoms with Gasteiger partial charge in [-0.1, -0.05) is 44.5 Å². The van der Waals surface area contributed by atoms with Crippen LogP contribution in [0.4, 0.5) is 9.93 Å². The number of nitrogens with one attached hydrogen (secondary N) is 2. The summed E-state index contributed by atoms with van der Waals surface area (Å²) in [5.41, 5.74) is 1.90. The number of hydrogen-bond donors (Lipinski definition) is 2. The predicted molar refractivity (Wildman–Crippen MR) is 88.1 cm³/mol. The molecular formula is C15H18ClN3OS. The van der Waals surface area contributed by atoms with Crippen molar-refractivity contribution in [1.29, 1.82) is 0 Å². The fourth-order valence-corrected chi connectivity index (χ4v) is 2.79. The lowest BCUT2D eigenvalue weighted by molar-refractivity contribution is 0.251. The molecule has 1 heterocycles. The number of anilines is 1. The number of carbonyl (C=O) groups excluding carboxylic acids is 1. The third-order valence-electron chi connectivity index (χ3n) is 2.84. The Morgan fingerprint density at radius 1 is 1.38 bits per heavy atom. The molecule has 0 unspecified atom stereocenters. The Balaban J connectivity index is 1.89. The second kappa shape index (κ2) is 6.45. The average Bonchev–Trinajstić information content (AvgIpc) is 2.85. The molecule has 0 bridgehead atoms. The number of urea groups is 1. The third kappa shape index (κ3) is 4.72. The molecule has 2 amide bonds. The molecule has 1 aromatic carbocycles. The highest BCUT2D eigenvalue weighted by Gasteiger charge is 2.18. The lowest BCUT2D eigenvalue weighted by Crippen LogP contribution is -2.28. The highest BCUT2D eigenvalue weighted by molar-refractivity contribution is 7.13. The number of rotatable bonds is 3. The summed E-state index contributed by atoms with van der Waals surface area (Å²) in [5.74, 6) is 0. The highest BCUT2D eigenvalue weighted by Crippen LogP contribution is 2.26. The van der Waals surface area contributed by atoms with Crippen molar-refractivity contribution in [2.75, 3.05) is 5.32 Å². The van der Waals surface area contributed by atoms with E-state index in [1.165, 1.54) is 11.3 Å². The highest BCUT2D eigenvalue weighted by atomic mass is 35.5. The SMILES string of the molecule is CC(C)(C)c1csc(NC(=O)NCc2cccc(Cl)c2)n1. The van der Waals surface area contributed by atoms with Crippen molar-refractivity contribution in [3.05, 3.63) is 45.9 Å². The summed E-state index contributed by atoms with van der Waals surface area (Å²) in [7, 11) is 0. The topological polar surface area (TPSA) is 54.0 Å². The van der Waals surface area contributed by atoms with Gasteiger partial charge < -0.3 is 5.32 Å². The van der Waals surface area contributed by atoms with Crippen LogP contribution in [0.25, 0.3) is 0 Å². The molecule has 0 atom stereocenters. The van der Waals surface area contributed by atoms with Crippen molar-refractivity contribution in [2.24, 2.45) is 0 Å². The fourth-order valence-electron chi connectivity index (χ4n) is 1.65. The van der Waals surface area contributed by atoms with Gasteiger partial charge in [-0.15, -0.1) is 11.3 Å². The Hall–Kier alpha value is -1.59. The first-order chi connectivity index (χ1) is 9.84. The third-order valence-corrected chi connectivity index (χ3v) is 3.83. The number of carbonyl (C=O) groups is 1. The minimum atomic E-state index is -0.273. The van der Waals surface area contributed by atoms with Gasteiger partial charge in [-0.25, -0.2) is 9.78 Å². The molecule has 0 aliphatic rings. The molecule has 0 aliphatic heterocycles. The summed E-state index contributed by atoms with van der Waals surface area (Å²) in [6.45, 7) is 6.69. The smallest absolute Gasteiger partial charge is 0.321 e. The van der Waals surface area contributed by atoms with E-state index >= 15 is 0 Å². The van der Waals surface area contributed by atoms with Crippen LogP contribution in [0.2, 0.25) is 5.02 Å². The van der Waals surface area contributed by atoms with E-state index in [2.05, 4.69) is 36.4 Å². The zero-order valence-electron chi connectivity index (χ0n) is 12.2. The summed E-state index contributed by atoms with van der Waals surface area (Å²) in [5, 5.41) is 8.75. The van der Waals surface area contributed by atoms with Crippen molar-refractivity contribution in [1.82, 2.24) is 10.3 Å². The van der Waals surface area contributed by atoms with Crippen LogP contribution in [-0.4, -0.2) is 11.0 Å². The molecule has 0 spiro atoms. The average molecular weight is 324 g/mol. The Kier molecular flexibility index (Phi) is 4.85. The van der Waals surface area contributed by atoms with Crippen LogP contribution in [0.15, 0.2) is 29.6 Å². The van der Waals surface area contributed by atoms with Crippen LogP contribution < -0.4 is 10.6 Å². The molecule has 4 nitrogen and oxygen atoms in total. The van der Waals surface area contributed by atoms with E-state index in [1.54, 1.807) is 6.07 Å². The second-order valence-electron chi connectivity index (χ2n) is 5.73. The molecule has 2 N–H and O–H groups in total. The number of benzene rings is 1. The van der Waals surface area contributed by atoms with Gasteiger partial charge in [-0.3, -0.25) is 5.32 Å². The first-order valence-electron chi connectivity index (χ1n) is 6.60. The number of nitrogens with zero attached hydrogens (tertiary/aromatic N) is 1. The van der Waals surface area contributed by atoms with Gasteiger partial charge in [0.25, 0.3) is 0 Å². The van der Waals surface area contributed by atoms with Gasteiger partial charge >= 0.3 is 6.03 Å². The van der Waals surface area contributed by atoms with Crippen molar-refractivity contribution in [2.45, 2.75) is 32.7 Å². The first kappa shape index (κ1) is 15.8. The predicted octanol–water partition coefficient (Wildman–Crippen LogP) is 4.42. The molecule has 2 aromatic rings. The van der Waals surface area contributed by atoms with Crippen molar-refractivity contribution in [3.63, 3.8) is 0 Å². The van der Waals surface area contributed by atoms with Crippen LogP contribution in [-0.2, 0) is 12.0 Å². The van der Waals surface area contributed by atoms with E-state index in [1.807, 2.05) is 23.6 Å². The summed E-state index contributed by atoms with van der Waals surface area (Å²) < 4.78 is 0. The molecule has 0 fully saturated rings. The molecule has 21 heavy (non-hydrogen) atoms. The molecule has 0 saturated carbocycles. The van der Waals surface area contributed by atoms with Gasteiger partial charge in [-0.2, -0.15) is 0 Å². The summed E-state index contributed by atoms with van der Waals surface area (Å²) in [4.78, 5) is 16.3. The van der Waals surface area contributed by atoms with Crippen molar-refractivity contribution >= 4 is 34.1 Å². The van der Waals surface area contributed by atoms with Crippen molar-refractivity contribution in [3.8, 4) is 0 Å². The van der Waals surface area contributed by atoms with Crippen LogP contribution in [0.5, 0.6) is 0 Å². The fraction of sp³-hybridized carbons (Fsp3) is 0.333. The molecule has 6 heteroatoms. The summed E-state index contributed by atoms with van der Waals surface area (Å²) >= 11 is 7.32. The lowest BCUT2D eigenvalue weighted by Gasteiger charge is -2.14. The number of hydrogen-bond acceptors (Lipinski definition) is 3. The summed E-state index contributed by atoms with van der Waals surface area (Å²) in [6, 6.07) is 7.11. The minimum Gasteiger partial charge on any atom is -0.334 e. The molecule has 2 rings (SSSR count). The molecule has 0 radical (unpaired) electrons. The standard InChI is InChI=1S/C15H18ClN3OS/c1-15(2,3)12-9-21-14(18-12)19-13(20)17-8-10-5-4-6-11(16)7-10/h4-7,9H,8H2,1-3H3,(H2,17,18,19,20). The van der Waals surface area contributed by atoms with Gasteiger partial charge in [0.1, 0.15) is 0 Å². The van der Waals surface area contributed by atoms with Crippen LogP contribution in [0, 0.1) is 0 Å². The maximum Gasteiger partial charge on any atom is 0.321 e. The van der Waals surface area contributed by atoms with Gasteiger partial charge in [0, 0.05) is 22.4 Å². The van der Waals surface area contributed by atoms with Gasteiger partial charge in [0.15, 0.2) is 5.13 Å². The first-order valence-corrected chi connectivity index (χ1v) is 7.85. The van der Waals surface area contributed by atoms with Crippen molar-refractivity contribution < 1.29 is 4.79 Å². The number of aromatic nitrogens is 1. The summed E-state index contributed by atoms with van der Waals surface area (Å²) in [6.07, 6.45) is 0. The number of amides is 2. The van der Waals surface area contributed by atoms with E-state index in [0.29, 0.717) is 16.7 Å². The van der Waals surface area contributed by atoms with Crippen LogP contribution in [0.1, 0.15) is 32.0 Å². The van der Waals surface area contributed by atoms with Gasteiger partial charge in [0.2, 0.25) is 0 Å².